The first-order valence-corrected chi connectivity index (χ1v) is 5.82. The lowest BCUT2D eigenvalue weighted by Crippen LogP contribution is -2.16. The topological polar surface area (TPSA) is 55.8 Å². The van der Waals surface area contributed by atoms with Crippen LogP contribution >= 0.6 is 15.9 Å². The molecule has 0 saturated carbocycles. The van der Waals surface area contributed by atoms with E-state index in [9.17, 15) is 9.90 Å². The maximum Gasteiger partial charge on any atom is 0.339 e. The number of aliphatic hydroxyl groups excluding tert-OH is 1. The first-order chi connectivity index (χ1) is 7.93. The maximum absolute atomic E-state index is 11.4. The zero-order valence-corrected chi connectivity index (χ0v) is 11.8. The first-order valence-electron chi connectivity index (χ1n) is 5.03. The van der Waals surface area contributed by atoms with Crippen LogP contribution in [0.15, 0.2) is 10.5 Å². The van der Waals surface area contributed by atoms with Gasteiger partial charge in [0.1, 0.15) is 5.75 Å². The van der Waals surface area contributed by atoms with Crippen molar-refractivity contribution in [3.05, 3.63) is 27.2 Å². The number of ether oxygens (including phenoxy) is 2. The van der Waals surface area contributed by atoms with Crippen molar-refractivity contribution in [2.75, 3.05) is 14.2 Å². The quantitative estimate of drug-likeness (QED) is 0.870. The molecule has 1 rings (SSSR count). The molecule has 1 unspecified atom stereocenters. The molecule has 0 fully saturated rings. The smallest absolute Gasteiger partial charge is 0.339 e. The zero-order chi connectivity index (χ0) is 13.2. The number of halogens is 1. The third-order valence-electron chi connectivity index (χ3n) is 2.70. The Morgan fingerprint density at radius 3 is 2.47 bits per heavy atom. The molecular weight excluding hydrogens is 288 g/mol. The minimum Gasteiger partial charge on any atom is -0.495 e. The summed E-state index contributed by atoms with van der Waals surface area (Å²) in [5.41, 5.74) is 2.20. The molecule has 0 aliphatic carbocycles. The lowest BCUT2D eigenvalue weighted by molar-refractivity contribution is -0.150. The third-order valence-corrected chi connectivity index (χ3v) is 3.29. The highest BCUT2D eigenvalue weighted by molar-refractivity contribution is 9.10. The number of aryl methyl sites for hydroxylation is 1. The monoisotopic (exact) mass is 302 g/mol. The molecule has 0 aromatic heterocycles. The van der Waals surface area contributed by atoms with E-state index >= 15 is 0 Å². The minimum atomic E-state index is -1.34. The van der Waals surface area contributed by atoms with Gasteiger partial charge in [-0.15, -0.1) is 0 Å². The molecule has 17 heavy (non-hydrogen) atoms. The van der Waals surface area contributed by atoms with E-state index in [2.05, 4.69) is 20.7 Å². The Morgan fingerprint density at radius 1 is 1.41 bits per heavy atom. The van der Waals surface area contributed by atoms with Gasteiger partial charge in [-0.1, -0.05) is 0 Å². The molecule has 1 aromatic rings. The van der Waals surface area contributed by atoms with Crippen LogP contribution in [0.3, 0.4) is 0 Å². The van der Waals surface area contributed by atoms with Crippen LogP contribution in [0, 0.1) is 13.8 Å². The maximum atomic E-state index is 11.4. The standard InChI is InChI=1S/C12H15BrO4/c1-6-5-8(13)11(16-3)9(7(6)2)10(14)12(15)17-4/h5,10,14H,1-4H3. The molecule has 94 valence electrons. The number of esters is 1. The number of methoxy groups -OCH3 is 2. The molecule has 1 atom stereocenters. The van der Waals surface area contributed by atoms with Crippen molar-refractivity contribution in [1.82, 2.24) is 0 Å². The Kier molecular flexibility index (Phi) is 4.54. The Hall–Kier alpha value is -1.07. The van der Waals surface area contributed by atoms with Crippen LogP contribution in [0.5, 0.6) is 5.75 Å². The van der Waals surface area contributed by atoms with Crippen molar-refractivity contribution in [3.63, 3.8) is 0 Å². The molecule has 0 aliphatic rings. The summed E-state index contributed by atoms with van der Waals surface area (Å²) in [6, 6.07) is 1.88. The first kappa shape index (κ1) is 14.0. The van der Waals surface area contributed by atoms with Gasteiger partial charge in [0.25, 0.3) is 0 Å². The van der Waals surface area contributed by atoms with E-state index in [-0.39, 0.29) is 0 Å². The molecule has 4 nitrogen and oxygen atoms in total. The Labute approximate surface area is 109 Å². The number of carbonyl (C=O) groups excluding carboxylic acids is 1. The highest BCUT2D eigenvalue weighted by Crippen LogP contribution is 2.37. The number of hydrogen-bond acceptors (Lipinski definition) is 4. The summed E-state index contributed by atoms with van der Waals surface area (Å²) in [5.74, 6) is -0.255. The second kappa shape index (κ2) is 5.51. The van der Waals surface area contributed by atoms with Crippen molar-refractivity contribution in [1.29, 1.82) is 0 Å². The van der Waals surface area contributed by atoms with Crippen molar-refractivity contribution >= 4 is 21.9 Å². The van der Waals surface area contributed by atoms with Crippen molar-refractivity contribution in [3.8, 4) is 5.75 Å². The molecule has 1 aromatic carbocycles. The molecule has 0 spiro atoms. The van der Waals surface area contributed by atoms with Crippen LogP contribution in [0.4, 0.5) is 0 Å². The van der Waals surface area contributed by atoms with Crippen molar-refractivity contribution < 1.29 is 19.4 Å². The molecule has 0 bridgehead atoms. The normalized spacial score (nSPS) is 12.1. The Balaban J connectivity index is 3.44. The van der Waals surface area contributed by atoms with E-state index in [1.54, 1.807) is 0 Å². The molecule has 0 aliphatic heterocycles. The molecule has 0 amide bonds. The summed E-state index contributed by atoms with van der Waals surface area (Å²) in [4.78, 5) is 11.4. The molecule has 0 saturated heterocycles. The van der Waals surface area contributed by atoms with Crippen LogP contribution in [0.2, 0.25) is 0 Å². The van der Waals surface area contributed by atoms with Gasteiger partial charge < -0.3 is 14.6 Å². The number of carbonyl (C=O) groups is 1. The van der Waals surface area contributed by atoms with Gasteiger partial charge >= 0.3 is 5.97 Å². The summed E-state index contributed by atoms with van der Waals surface area (Å²) in [7, 11) is 2.72. The molecule has 1 N–H and O–H groups in total. The predicted octanol–water partition coefficient (Wildman–Crippen LogP) is 2.28. The highest BCUT2D eigenvalue weighted by atomic mass is 79.9. The lowest BCUT2D eigenvalue weighted by Gasteiger charge is -2.18. The van der Waals surface area contributed by atoms with Gasteiger partial charge in [0.05, 0.1) is 18.7 Å². The second-order valence-electron chi connectivity index (χ2n) is 3.67. The van der Waals surface area contributed by atoms with Gasteiger partial charge in [0.15, 0.2) is 6.10 Å². The molecule has 0 radical (unpaired) electrons. The van der Waals surface area contributed by atoms with E-state index in [1.807, 2.05) is 19.9 Å². The van der Waals surface area contributed by atoms with Gasteiger partial charge in [-0.3, -0.25) is 0 Å². The third kappa shape index (κ3) is 2.61. The van der Waals surface area contributed by atoms with Crippen molar-refractivity contribution in [2.45, 2.75) is 20.0 Å². The van der Waals surface area contributed by atoms with Crippen LogP contribution in [-0.2, 0) is 9.53 Å². The SMILES string of the molecule is COC(=O)C(O)c1c(C)c(C)cc(Br)c1OC. The molecule has 0 heterocycles. The number of benzene rings is 1. The zero-order valence-electron chi connectivity index (χ0n) is 10.2. The molecular formula is C12H15BrO4. The summed E-state index contributed by atoms with van der Waals surface area (Å²) in [5, 5.41) is 9.96. The Bertz CT molecular complexity index is 443. The number of aliphatic hydroxyl groups is 1. The largest absolute Gasteiger partial charge is 0.495 e. The Morgan fingerprint density at radius 2 is 2.00 bits per heavy atom. The summed E-state index contributed by atoms with van der Waals surface area (Å²) in [6.07, 6.45) is -1.34. The minimum absolute atomic E-state index is 0.436. The summed E-state index contributed by atoms with van der Waals surface area (Å²) < 4.78 is 10.4. The number of rotatable bonds is 3. The van der Waals surface area contributed by atoms with E-state index in [0.29, 0.717) is 15.8 Å². The van der Waals surface area contributed by atoms with Gasteiger partial charge in [-0.25, -0.2) is 4.79 Å². The van der Waals surface area contributed by atoms with Gasteiger partial charge in [-0.05, 0) is 47.0 Å². The predicted molar refractivity (Wildman–Crippen MR) is 67.1 cm³/mol. The van der Waals surface area contributed by atoms with Crippen molar-refractivity contribution in [2.24, 2.45) is 0 Å². The van der Waals surface area contributed by atoms with E-state index in [0.717, 1.165) is 11.1 Å². The average molecular weight is 303 g/mol. The van der Waals surface area contributed by atoms with Crippen LogP contribution in [0.25, 0.3) is 0 Å². The molecule has 5 heteroatoms. The summed E-state index contributed by atoms with van der Waals surface area (Å²) >= 11 is 3.34. The fourth-order valence-corrected chi connectivity index (χ4v) is 2.36. The van der Waals surface area contributed by atoms with E-state index < -0.39 is 12.1 Å². The number of hydrogen-bond donors (Lipinski definition) is 1. The lowest BCUT2D eigenvalue weighted by atomic mass is 9.98. The fraction of sp³-hybridized carbons (Fsp3) is 0.417. The van der Waals surface area contributed by atoms with Crippen LogP contribution in [-0.4, -0.2) is 25.3 Å². The van der Waals surface area contributed by atoms with Crippen LogP contribution < -0.4 is 4.74 Å². The van der Waals surface area contributed by atoms with E-state index in [1.165, 1.54) is 14.2 Å². The van der Waals surface area contributed by atoms with E-state index in [4.69, 9.17) is 4.74 Å². The van der Waals surface area contributed by atoms with Gasteiger partial charge in [-0.2, -0.15) is 0 Å². The van der Waals surface area contributed by atoms with Crippen LogP contribution in [0.1, 0.15) is 22.8 Å². The average Bonchev–Trinajstić information content (AvgIpc) is 2.31. The van der Waals surface area contributed by atoms with Gasteiger partial charge in [0.2, 0.25) is 0 Å². The highest BCUT2D eigenvalue weighted by Gasteiger charge is 2.26. The van der Waals surface area contributed by atoms with Gasteiger partial charge in [0, 0.05) is 5.56 Å². The second-order valence-corrected chi connectivity index (χ2v) is 4.53. The summed E-state index contributed by atoms with van der Waals surface area (Å²) in [6.45, 7) is 3.72. The fourth-order valence-electron chi connectivity index (χ4n) is 1.64.